The molecule has 0 radical (unpaired) electrons. The zero-order chi connectivity index (χ0) is 18.8. The van der Waals surface area contributed by atoms with E-state index in [4.69, 9.17) is 0 Å². The average molecular weight is 371 g/mol. The fourth-order valence-corrected chi connectivity index (χ4v) is 4.30. The minimum absolute atomic E-state index is 0.118. The van der Waals surface area contributed by atoms with Crippen molar-refractivity contribution in [2.75, 3.05) is 13.1 Å². The zero-order valence-electron chi connectivity index (χ0n) is 15.6. The zero-order valence-corrected chi connectivity index (χ0v) is 15.6. The van der Waals surface area contributed by atoms with Crippen LogP contribution in [-0.2, 0) is 17.8 Å². The molecule has 4 rings (SSSR count). The summed E-state index contributed by atoms with van der Waals surface area (Å²) in [6.45, 7) is 4.10. The molecule has 2 saturated heterocycles. The van der Waals surface area contributed by atoms with Crippen molar-refractivity contribution < 1.29 is 9.18 Å². The van der Waals surface area contributed by atoms with E-state index in [9.17, 15) is 9.18 Å². The van der Waals surface area contributed by atoms with Gasteiger partial charge in [-0.1, -0.05) is 25.1 Å². The van der Waals surface area contributed by atoms with Crippen LogP contribution in [0.4, 0.5) is 4.39 Å². The third-order valence-corrected chi connectivity index (χ3v) is 5.79. The topological polar surface area (TPSA) is 62.2 Å². The van der Waals surface area contributed by atoms with Crippen molar-refractivity contribution in [3.05, 3.63) is 53.9 Å². The first-order chi connectivity index (χ1) is 13.2. The van der Waals surface area contributed by atoms with Crippen LogP contribution in [0.2, 0.25) is 0 Å². The highest BCUT2D eigenvalue weighted by atomic mass is 19.1. The van der Waals surface area contributed by atoms with Gasteiger partial charge >= 0.3 is 0 Å². The largest absolute Gasteiger partial charge is 0.342 e. The van der Waals surface area contributed by atoms with Crippen LogP contribution in [0.25, 0.3) is 0 Å². The summed E-state index contributed by atoms with van der Waals surface area (Å²) in [5.74, 6) is 1.13. The molecule has 2 aliphatic heterocycles. The number of nitrogens with one attached hydrogen (secondary N) is 2. The number of amides is 1. The molecule has 2 N–H and O–H groups in total. The van der Waals surface area contributed by atoms with Gasteiger partial charge in [-0.25, -0.2) is 14.8 Å². The molecule has 0 spiro atoms. The van der Waals surface area contributed by atoms with Crippen molar-refractivity contribution in [2.24, 2.45) is 5.92 Å². The number of rotatable bonds is 5. The van der Waals surface area contributed by atoms with Gasteiger partial charge in [0.25, 0.3) is 0 Å². The van der Waals surface area contributed by atoms with Gasteiger partial charge in [-0.15, -0.1) is 0 Å². The number of aryl methyl sites for hydroxylation is 2. The fraction of sp³-hybridized carbons (Fsp3) is 0.500. The normalized spacial score (nSPS) is 24.8. The number of aromatic nitrogens is 2. The van der Waals surface area contributed by atoms with Gasteiger partial charge in [0, 0.05) is 62.4 Å². The van der Waals surface area contributed by atoms with Crippen molar-refractivity contribution in [3.63, 3.8) is 0 Å². The number of piperidine rings is 1. The Hall–Kier alpha value is -2.25. The summed E-state index contributed by atoms with van der Waals surface area (Å²) < 4.78 is 16.3. The Balaban J connectivity index is 1.41. The van der Waals surface area contributed by atoms with Gasteiger partial charge in [0.05, 0.1) is 6.04 Å². The van der Waals surface area contributed by atoms with Crippen LogP contribution in [0.15, 0.2) is 36.7 Å². The Morgan fingerprint density at radius 3 is 3.00 bits per heavy atom. The SMILES string of the molecule is CCc1nccn1CCC(=O)N1CCC2NNC(c3ccccc3F)C2C1. The summed E-state index contributed by atoms with van der Waals surface area (Å²) >= 11 is 0. The lowest BCUT2D eigenvalue weighted by Crippen LogP contribution is -2.48. The second-order valence-electron chi connectivity index (χ2n) is 7.33. The molecule has 3 atom stereocenters. The first-order valence-electron chi connectivity index (χ1n) is 9.70. The molecule has 3 unspecified atom stereocenters. The number of halogens is 1. The van der Waals surface area contributed by atoms with E-state index < -0.39 is 0 Å². The van der Waals surface area contributed by atoms with E-state index in [2.05, 4.69) is 22.8 Å². The molecule has 0 aliphatic carbocycles. The summed E-state index contributed by atoms with van der Waals surface area (Å²) in [4.78, 5) is 19.0. The second kappa shape index (κ2) is 7.78. The molecule has 144 valence electrons. The Bertz CT molecular complexity index is 807. The van der Waals surface area contributed by atoms with Crippen molar-refractivity contribution in [3.8, 4) is 0 Å². The minimum atomic E-state index is -0.201. The number of carbonyl (C=O) groups excluding carboxylic acids is 1. The number of likely N-dealkylation sites (tertiary alicyclic amines) is 1. The molecule has 2 aliphatic rings. The van der Waals surface area contributed by atoms with Crippen molar-refractivity contribution in [1.29, 1.82) is 0 Å². The quantitative estimate of drug-likeness (QED) is 0.844. The smallest absolute Gasteiger partial charge is 0.224 e. The monoisotopic (exact) mass is 371 g/mol. The number of hydrogen-bond acceptors (Lipinski definition) is 4. The predicted octanol–water partition coefficient (Wildman–Crippen LogP) is 2.04. The van der Waals surface area contributed by atoms with Crippen LogP contribution in [0.3, 0.4) is 0 Å². The van der Waals surface area contributed by atoms with Gasteiger partial charge in [0.15, 0.2) is 0 Å². The van der Waals surface area contributed by atoms with Gasteiger partial charge in [-0.3, -0.25) is 10.2 Å². The first-order valence-corrected chi connectivity index (χ1v) is 9.70. The van der Waals surface area contributed by atoms with Crippen molar-refractivity contribution >= 4 is 5.91 Å². The van der Waals surface area contributed by atoms with Gasteiger partial charge in [-0.2, -0.15) is 0 Å². The lowest BCUT2D eigenvalue weighted by molar-refractivity contribution is -0.133. The highest BCUT2D eigenvalue weighted by Crippen LogP contribution is 2.34. The number of hydrazine groups is 1. The number of hydrogen-bond donors (Lipinski definition) is 2. The number of fused-ring (bicyclic) bond motifs is 1. The van der Waals surface area contributed by atoms with Crippen molar-refractivity contribution in [2.45, 2.75) is 44.8 Å². The summed E-state index contributed by atoms with van der Waals surface area (Å²) in [6, 6.07) is 7.02. The Labute approximate surface area is 158 Å². The fourth-order valence-electron chi connectivity index (χ4n) is 4.30. The van der Waals surface area contributed by atoms with Crippen LogP contribution in [0.1, 0.15) is 37.2 Å². The van der Waals surface area contributed by atoms with E-state index >= 15 is 0 Å². The molecular formula is C20H26FN5O. The standard InChI is InChI=1S/C20H26FN5O/c1-2-18-22-9-12-25(18)11-8-19(27)26-10-7-17-15(13-26)20(24-23-17)14-5-3-4-6-16(14)21/h3-6,9,12,15,17,20,23-24H,2,7-8,10-11,13H2,1H3. The third kappa shape index (κ3) is 3.61. The number of imidazole rings is 1. The van der Waals surface area contributed by atoms with Crippen LogP contribution >= 0.6 is 0 Å². The molecule has 3 heterocycles. The number of benzene rings is 1. The predicted molar refractivity (Wildman–Crippen MR) is 100 cm³/mol. The van der Waals surface area contributed by atoms with Gasteiger partial charge in [0.1, 0.15) is 11.6 Å². The Kier molecular flexibility index (Phi) is 5.22. The van der Waals surface area contributed by atoms with Gasteiger partial charge < -0.3 is 9.47 Å². The molecule has 27 heavy (non-hydrogen) atoms. The molecule has 0 bridgehead atoms. The van der Waals surface area contributed by atoms with E-state index in [0.29, 0.717) is 25.1 Å². The van der Waals surface area contributed by atoms with E-state index in [1.165, 1.54) is 6.07 Å². The molecule has 6 nitrogen and oxygen atoms in total. The van der Waals surface area contributed by atoms with E-state index in [-0.39, 0.29) is 29.7 Å². The summed E-state index contributed by atoms with van der Waals surface area (Å²) in [6.07, 6.45) is 5.91. The summed E-state index contributed by atoms with van der Waals surface area (Å²) in [7, 11) is 0. The summed E-state index contributed by atoms with van der Waals surface area (Å²) in [5, 5.41) is 0. The Morgan fingerprint density at radius 1 is 1.33 bits per heavy atom. The summed E-state index contributed by atoms with van der Waals surface area (Å²) in [5.41, 5.74) is 7.21. The lowest BCUT2D eigenvalue weighted by atomic mass is 9.85. The van der Waals surface area contributed by atoms with Crippen LogP contribution < -0.4 is 10.9 Å². The molecule has 0 saturated carbocycles. The number of nitrogens with zero attached hydrogens (tertiary/aromatic N) is 3. The average Bonchev–Trinajstić information content (AvgIpc) is 3.32. The highest BCUT2D eigenvalue weighted by Gasteiger charge is 2.42. The minimum Gasteiger partial charge on any atom is -0.342 e. The molecule has 2 fully saturated rings. The Morgan fingerprint density at radius 2 is 2.19 bits per heavy atom. The maximum atomic E-state index is 14.2. The van der Waals surface area contributed by atoms with E-state index in [1.54, 1.807) is 12.3 Å². The van der Waals surface area contributed by atoms with Crippen LogP contribution in [0.5, 0.6) is 0 Å². The second-order valence-corrected chi connectivity index (χ2v) is 7.33. The molecule has 1 aromatic carbocycles. The van der Waals surface area contributed by atoms with Gasteiger partial charge in [-0.05, 0) is 12.5 Å². The molecule has 2 aromatic rings. The molecule has 1 aromatic heterocycles. The maximum absolute atomic E-state index is 14.2. The van der Waals surface area contributed by atoms with E-state index in [1.807, 2.05) is 27.8 Å². The number of carbonyl (C=O) groups is 1. The molecule has 1 amide bonds. The highest BCUT2D eigenvalue weighted by molar-refractivity contribution is 5.76. The van der Waals surface area contributed by atoms with Gasteiger partial charge in [0.2, 0.25) is 5.91 Å². The first kappa shape index (κ1) is 18.1. The maximum Gasteiger partial charge on any atom is 0.224 e. The lowest BCUT2D eigenvalue weighted by Gasteiger charge is -2.36. The van der Waals surface area contributed by atoms with E-state index in [0.717, 1.165) is 25.2 Å². The third-order valence-electron chi connectivity index (χ3n) is 5.79. The molecule has 7 heteroatoms. The van der Waals surface area contributed by atoms with Crippen molar-refractivity contribution in [1.82, 2.24) is 25.3 Å². The van der Waals surface area contributed by atoms with Crippen LogP contribution in [0, 0.1) is 11.7 Å². The van der Waals surface area contributed by atoms with Crippen LogP contribution in [-0.4, -0.2) is 39.5 Å². The molecular weight excluding hydrogens is 345 g/mol.